The lowest BCUT2D eigenvalue weighted by atomic mass is 9.97. The van der Waals surface area contributed by atoms with Crippen molar-refractivity contribution in [2.75, 3.05) is 26.3 Å². The molecule has 0 aromatic heterocycles. The van der Waals surface area contributed by atoms with Gasteiger partial charge in [-0.15, -0.1) is 0 Å². The summed E-state index contributed by atoms with van der Waals surface area (Å²) in [4.78, 5) is 2.44. The fourth-order valence-electron chi connectivity index (χ4n) is 3.06. The molecule has 2 aromatic carbocycles. The highest BCUT2D eigenvalue weighted by Gasteiger charge is 2.13. The maximum atomic E-state index is 9.94. The van der Waals surface area contributed by atoms with Crippen molar-refractivity contribution in [3.8, 4) is 11.1 Å². The number of nitrogens with zero attached hydrogens (tertiary/aromatic N) is 1. The van der Waals surface area contributed by atoms with Gasteiger partial charge in [0.25, 0.3) is 0 Å². The lowest BCUT2D eigenvalue weighted by Crippen LogP contribution is -2.35. The van der Waals surface area contributed by atoms with Crippen LogP contribution in [0.5, 0.6) is 0 Å². The van der Waals surface area contributed by atoms with E-state index < -0.39 is 0 Å². The molecule has 0 bridgehead atoms. The summed E-state index contributed by atoms with van der Waals surface area (Å²) in [6.45, 7) is 6.60. The van der Waals surface area contributed by atoms with Crippen LogP contribution in [0.2, 0.25) is 0 Å². The lowest BCUT2D eigenvalue weighted by molar-refractivity contribution is 0.0342. The largest absolute Gasteiger partial charge is 0.388 e. The molecule has 0 radical (unpaired) electrons. The van der Waals surface area contributed by atoms with E-state index in [-0.39, 0.29) is 6.10 Å². The fourth-order valence-corrected chi connectivity index (χ4v) is 3.06. The predicted molar refractivity (Wildman–Crippen MR) is 93.2 cm³/mol. The van der Waals surface area contributed by atoms with Gasteiger partial charge >= 0.3 is 0 Å². The highest BCUT2D eigenvalue weighted by molar-refractivity contribution is 5.67. The zero-order chi connectivity index (χ0) is 16.1. The Morgan fingerprint density at radius 2 is 1.74 bits per heavy atom. The Morgan fingerprint density at radius 1 is 1.04 bits per heavy atom. The summed E-state index contributed by atoms with van der Waals surface area (Å²) in [7, 11) is 0. The standard InChI is InChI=1S/C20H25NO2/c1-2-20(22)17-9-7-16(8-10-17)19-6-4-3-5-18(19)15-21-11-13-23-14-12-21/h3-10,20,22H,2,11-15H2,1H3. The monoisotopic (exact) mass is 311 g/mol. The highest BCUT2D eigenvalue weighted by atomic mass is 16.5. The van der Waals surface area contributed by atoms with E-state index in [1.54, 1.807) is 0 Å². The van der Waals surface area contributed by atoms with Crippen LogP contribution in [-0.4, -0.2) is 36.3 Å². The highest BCUT2D eigenvalue weighted by Crippen LogP contribution is 2.27. The molecule has 3 nitrogen and oxygen atoms in total. The topological polar surface area (TPSA) is 32.7 Å². The number of ether oxygens (including phenoxy) is 1. The van der Waals surface area contributed by atoms with Crippen LogP contribution in [0.4, 0.5) is 0 Å². The van der Waals surface area contributed by atoms with Gasteiger partial charge in [0.05, 0.1) is 19.3 Å². The van der Waals surface area contributed by atoms with Crippen LogP contribution >= 0.6 is 0 Å². The van der Waals surface area contributed by atoms with Crippen molar-refractivity contribution >= 4 is 0 Å². The van der Waals surface area contributed by atoms with Crippen molar-refractivity contribution in [2.45, 2.75) is 26.0 Å². The van der Waals surface area contributed by atoms with Crippen LogP contribution in [0.15, 0.2) is 48.5 Å². The quantitative estimate of drug-likeness (QED) is 0.915. The third-order valence-corrected chi connectivity index (χ3v) is 4.51. The van der Waals surface area contributed by atoms with Crippen molar-refractivity contribution < 1.29 is 9.84 Å². The van der Waals surface area contributed by atoms with Crippen LogP contribution in [0, 0.1) is 0 Å². The Labute approximate surface area is 138 Å². The Balaban J connectivity index is 1.81. The van der Waals surface area contributed by atoms with Crippen LogP contribution in [0.3, 0.4) is 0 Å². The minimum Gasteiger partial charge on any atom is -0.388 e. The minimum absolute atomic E-state index is 0.368. The third kappa shape index (κ3) is 3.99. The first-order valence-corrected chi connectivity index (χ1v) is 8.44. The molecule has 23 heavy (non-hydrogen) atoms. The number of aliphatic hydroxyl groups excluding tert-OH is 1. The van der Waals surface area contributed by atoms with E-state index in [1.807, 2.05) is 19.1 Å². The molecule has 0 aliphatic carbocycles. The zero-order valence-corrected chi connectivity index (χ0v) is 13.7. The summed E-state index contributed by atoms with van der Waals surface area (Å²) in [5.74, 6) is 0. The average molecular weight is 311 g/mol. The van der Waals surface area contributed by atoms with Crippen molar-refractivity contribution in [2.24, 2.45) is 0 Å². The van der Waals surface area contributed by atoms with Gasteiger partial charge in [0.2, 0.25) is 0 Å². The van der Waals surface area contributed by atoms with Gasteiger partial charge in [-0.1, -0.05) is 55.5 Å². The summed E-state index contributed by atoms with van der Waals surface area (Å²) < 4.78 is 5.43. The van der Waals surface area contributed by atoms with Crippen molar-refractivity contribution in [3.05, 3.63) is 59.7 Å². The summed E-state index contributed by atoms with van der Waals surface area (Å²) in [5, 5.41) is 9.94. The second-order valence-electron chi connectivity index (χ2n) is 6.09. The molecular formula is C20H25NO2. The average Bonchev–Trinajstić information content (AvgIpc) is 2.62. The molecule has 1 N–H and O–H groups in total. The molecule has 1 aliphatic heterocycles. The summed E-state index contributed by atoms with van der Waals surface area (Å²) in [6.07, 6.45) is 0.375. The number of hydrogen-bond donors (Lipinski definition) is 1. The molecule has 0 spiro atoms. The van der Waals surface area contributed by atoms with Crippen LogP contribution < -0.4 is 0 Å². The lowest BCUT2D eigenvalue weighted by Gasteiger charge is -2.27. The van der Waals surface area contributed by atoms with Crippen molar-refractivity contribution in [3.63, 3.8) is 0 Å². The van der Waals surface area contributed by atoms with E-state index in [0.717, 1.165) is 44.8 Å². The number of aliphatic hydroxyl groups is 1. The van der Waals surface area contributed by atoms with Gasteiger partial charge in [-0.25, -0.2) is 0 Å². The third-order valence-electron chi connectivity index (χ3n) is 4.51. The van der Waals surface area contributed by atoms with Gasteiger partial charge in [0, 0.05) is 19.6 Å². The minimum atomic E-state index is -0.368. The molecule has 1 fully saturated rings. The Bertz CT molecular complexity index is 618. The Morgan fingerprint density at radius 3 is 2.43 bits per heavy atom. The molecule has 0 saturated carbocycles. The molecular weight excluding hydrogens is 286 g/mol. The molecule has 1 atom stereocenters. The first-order valence-electron chi connectivity index (χ1n) is 8.44. The van der Waals surface area contributed by atoms with Gasteiger partial charge in [-0.2, -0.15) is 0 Å². The van der Waals surface area contributed by atoms with Gasteiger partial charge in [-0.05, 0) is 28.7 Å². The number of morpholine rings is 1. The number of rotatable bonds is 5. The Hall–Kier alpha value is -1.68. The second kappa shape index (κ2) is 7.73. The first-order chi connectivity index (χ1) is 11.3. The molecule has 2 aromatic rings. The predicted octanol–water partition coefficient (Wildman–Crippen LogP) is 3.63. The molecule has 3 heteroatoms. The van der Waals surface area contributed by atoms with Gasteiger partial charge < -0.3 is 9.84 Å². The van der Waals surface area contributed by atoms with E-state index >= 15 is 0 Å². The molecule has 1 unspecified atom stereocenters. The molecule has 122 valence electrons. The van der Waals surface area contributed by atoms with Gasteiger partial charge in [-0.3, -0.25) is 4.90 Å². The fraction of sp³-hybridized carbons (Fsp3) is 0.400. The van der Waals surface area contributed by atoms with Crippen LogP contribution in [0.25, 0.3) is 11.1 Å². The van der Waals surface area contributed by atoms with Gasteiger partial charge in [0.15, 0.2) is 0 Å². The van der Waals surface area contributed by atoms with E-state index in [4.69, 9.17) is 4.74 Å². The second-order valence-corrected chi connectivity index (χ2v) is 6.09. The number of hydrogen-bond acceptors (Lipinski definition) is 3. The SMILES string of the molecule is CCC(O)c1ccc(-c2ccccc2CN2CCOCC2)cc1. The summed E-state index contributed by atoms with van der Waals surface area (Å²) in [5.41, 5.74) is 4.82. The molecule has 1 saturated heterocycles. The van der Waals surface area contributed by atoms with Crippen LogP contribution in [0.1, 0.15) is 30.6 Å². The van der Waals surface area contributed by atoms with Gasteiger partial charge in [0.1, 0.15) is 0 Å². The normalized spacial score (nSPS) is 17.1. The van der Waals surface area contributed by atoms with E-state index in [2.05, 4.69) is 41.3 Å². The molecule has 1 aliphatic rings. The first kappa shape index (κ1) is 16.2. The van der Waals surface area contributed by atoms with Crippen molar-refractivity contribution in [1.82, 2.24) is 4.90 Å². The zero-order valence-electron chi connectivity index (χ0n) is 13.7. The smallest absolute Gasteiger partial charge is 0.0787 e. The number of benzene rings is 2. The molecule has 1 heterocycles. The van der Waals surface area contributed by atoms with E-state index in [1.165, 1.54) is 16.7 Å². The van der Waals surface area contributed by atoms with E-state index in [9.17, 15) is 5.11 Å². The van der Waals surface area contributed by atoms with Crippen molar-refractivity contribution in [1.29, 1.82) is 0 Å². The Kier molecular flexibility index (Phi) is 5.44. The summed E-state index contributed by atoms with van der Waals surface area (Å²) >= 11 is 0. The summed E-state index contributed by atoms with van der Waals surface area (Å²) in [6, 6.07) is 16.9. The maximum Gasteiger partial charge on any atom is 0.0787 e. The molecule has 3 rings (SSSR count). The molecule has 0 amide bonds. The van der Waals surface area contributed by atoms with E-state index in [0.29, 0.717) is 0 Å². The maximum absolute atomic E-state index is 9.94. The van der Waals surface area contributed by atoms with Crippen LogP contribution in [-0.2, 0) is 11.3 Å².